The molecule has 3 rings (SSSR count). The molecule has 0 bridgehead atoms. The summed E-state index contributed by atoms with van der Waals surface area (Å²) in [5, 5.41) is 3.45. The first-order chi connectivity index (χ1) is 11.3. The molecule has 1 saturated heterocycles. The van der Waals surface area contributed by atoms with Crippen molar-refractivity contribution in [2.75, 3.05) is 26.8 Å². The minimum atomic E-state index is 0.514. The van der Waals surface area contributed by atoms with E-state index in [1.807, 2.05) is 6.20 Å². The number of hydrogen-bond donors (Lipinski definition) is 0. The van der Waals surface area contributed by atoms with Crippen molar-refractivity contribution in [2.45, 2.75) is 45.2 Å². The van der Waals surface area contributed by atoms with Crippen LogP contribution in [0.2, 0.25) is 0 Å². The fourth-order valence-corrected chi connectivity index (χ4v) is 4.02. The summed E-state index contributed by atoms with van der Waals surface area (Å²) in [6, 6.07) is 0. The second kappa shape index (κ2) is 8.04. The van der Waals surface area contributed by atoms with Crippen molar-refractivity contribution >= 4 is 11.3 Å². The molecule has 1 unspecified atom stereocenters. The predicted molar refractivity (Wildman–Crippen MR) is 92.8 cm³/mol. The first-order valence-corrected chi connectivity index (χ1v) is 9.33. The molecule has 0 saturated carbocycles. The lowest BCUT2D eigenvalue weighted by atomic mass is 9.97. The molecule has 0 amide bonds. The number of imidazole rings is 1. The Balaban J connectivity index is 1.62. The van der Waals surface area contributed by atoms with Crippen molar-refractivity contribution in [1.29, 1.82) is 0 Å². The Bertz CT molecular complexity index is 609. The van der Waals surface area contributed by atoms with Crippen LogP contribution in [0.25, 0.3) is 0 Å². The van der Waals surface area contributed by atoms with Gasteiger partial charge in [0.2, 0.25) is 0 Å². The van der Waals surface area contributed by atoms with Crippen molar-refractivity contribution in [3.8, 4) is 0 Å². The summed E-state index contributed by atoms with van der Waals surface area (Å²) in [6.07, 6.45) is 7.47. The van der Waals surface area contributed by atoms with Gasteiger partial charge in [0.1, 0.15) is 5.82 Å². The first-order valence-electron chi connectivity index (χ1n) is 8.45. The maximum Gasteiger partial charge on any atom is 0.113 e. The van der Waals surface area contributed by atoms with Gasteiger partial charge in [0, 0.05) is 50.4 Å². The van der Waals surface area contributed by atoms with E-state index in [9.17, 15) is 0 Å². The average Bonchev–Trinajstić information content (AvgIpc) is 3.22. The molecule has 1 fully saturated rings. The maximum atomic E-state index is 5.20. The van der Waals surface area contributed by atoms with Crippen LogP contribution in [-0.4, -0.2) is 46.2 Å². The molecular weight excluding hydrogens is 308 g/mol. The van der Waals surface area contributed by atoms with Crippen molar-refractivity contribution in [3.05, 3.63) is 34.3 Å². The average molecular weight is 334 g/mol. The highest BCUT2D eigenvalue weighted by Crippen LogP contribution is 2.27. The summed E-state index contributed by atoms with van der Waals surface area (Å²) in [7, 11) is 1.75. The maximum absolute atomic E-state index is 5.20. The molecule has 0 aliphatic carbocycles. The van der Waals surface area contributed by atoms with Crippen LogP contribution in [-0.2, 0) is 24.2 Å². The molecular formula is C17H26N4OS. The summed E-state index contributed by atoms with van der Waals surface area (Å²) >= 11 is 1.78. The monoisotopic (exact) mass is 334 g/mol. The molecule has 0 aromatic carbocycles. The normalized spacial score (nSPS) is 19.3. The Hall–Kier alpha value is -1.24. The quantitative estimate of drug-likeness (QED) is 0.781. The first kappa shape index (κ1) is 16.6. The summed E-state index contributed by atoms with van der Waals surface area (Å²) in [4.78, 5) is 11.9. The van der Waals surface area contributed by atoms with Crippen molar-refractivity contribution in [1.82, 2.24) is 19.4 Å². The van der Waals surface area contributed by atoms with Gasteiger partial charge in [0.25, 0.3) is 0 Å². The number of likely N-dealkylation sites (tertiary alicyclic amines) is 1. The third-order valence-electron chi connectivity index (χ3n) is 4.44. The molecule has 1 aliphatic heterocycles. The highest BCUT2D eigenvalue weighted by Gasteiger charge is 2.25. The molecule has 1 aliphatic rings. The Morgan fingerprint density at radius 1 is 1.43 bits per heavy atom. The van der Waals surface area contributed by atoms with Crippen LogP contribution in [0.5, 0.6) is 0 Å². The van der Waals surface area contributed by atoms with Gasteiger partial charge in [0.15, 0.2) is 0 Å². The molecule has 1 atom stereocenters. The highest BCUT2D eigenvalue weighted by molar-refractivity contribution is 7.09. The van der Waals surface area contributed by atoms with Crippen LogP contribution in [0, 0.1) is 0 Å². The number of hydrogen-bond acceptors (Lipinski definition) is 5. The van der Waals surface area contributed by atoms with E-state index in [1.54, 1.807) is 18.4 Å². The predicted octanol–water partition coefficient (Wildman–Crippen LogP) is 2.93. The zero-order chi connectivity index (χ0) is 16.1. The zero-order valence-corrected chi connectivity index (χ0v) is 14.9. The van der Waals surface area contributed by atoms with E-state index in [2.05, 4.69) is 33.0 Å². The van der Waals surface area contributed by atoms with Gasteiger partial charge in [-0.1, -0.05) is 6.92 Å². The lowest BCUT2D eigenvalue weighted by Crippen LogP contribution is -2.35. The van der Waals surface area contributed by atoms with Gasteiger partial charge in [-0.2, -0.15) is 0 Å². The number of methoxy groups -OCH3 is 1. The number of piperidine rings is 1. The van der Waals surface area contributed by atoms with Gasteiger partial charge in [-0.25, -0.2) is 9.97 Å². The fourth-order valence-electron chi connectivity index (χ4n) is 3.28. The number of aromatic nitrogens is 3. The number of nitrogens with zero attached hydrogens (tertiary/aromatic N) is 4. The van der Waals surface area contributed by atoms with E-state index in [0.717, 1.165) is 39.2 Å². The van der Waals surface area contributed by atoms with Crippen molar-refractivity contribution in [3.63, 3.8) is 0 Å². The van der Waals surface area contributed by atoms with Crippen molar-refractivity contribution in [2.24, 2.45) is 0 Å². The van der Waals surface area contributed by atoms with E-state index in [-0.39, 0.29) is 0 Å². The molecule has 6 heteroatoms. The number of ether oxygens (including phenoxy) is 1. The molecule has 3 heterocycles. The molecule has 5 nitrogen and oxygen atoms in total. The summed E-state index contributed by atoms with van der Waals surface area (Å²) < 4.78 is 7.45. The highest BCUT2D eigenvalue weighted by atomic mass is 32.1. The summed E-state index contributed by atoms with van der Waals surface area (Å²) in [5.41, 5.74) is 1.22. The molecule has 0 radical (unpaired) electrons. The Kier molecular flexibility index (Phi) is 5.80. The molecule has 0 N–H and O–H groups in total. The lowest BCUT2D eigenvalue weighted by molar-refractivity contribution is 0.177. The standard InChI is InChI=1S/C17H26N4OS/c1-3-16-19-15(13-23-16)12-20-7-4-5-14(11-20)17-18-6-8-21(17)9-10-22-2/h6,8,13-14H,3-5,7,9-12H2,1-2H3. The van der Waals surface area contributed by atoms with Gasteiger partial charge in [-0.05, 0) is 25.8 Å². The van der Waals surface area contributed by atoms with E-state index in [0.29, 0.717) is 5.92 Å². The van der Waals surface area contributed by atoms with Crippen LogP contribution >= 0.6 is 11.3 Å². The molecule has 126 valence electrons. The van der Waals surface area contributed by atoms with Crippen LogP contribution in [0.4, 0.5) is 0 Å². The largest absolute Gasteiger partial charge is 0.383 e. The van der Waals surface area contributed by atoms with Crippen molar-refractivity contribution < 1.29 is 4.74 Å². The minimum absolute atomic E-state index is 0.514. The van der Waals surface area contributed by atoms with Gasteiger partial charge in [0.05, 0.1) is 17.3 Å². The fraction of sp³-hybridized carbons (Fsp3) is 0.647. The Labute approximate surface area is 142 Å². The van der Waals surface area contributed by atoms with Gasteiger partial charge in [-0.15, -0.1) is 11.3 Å². The zero-order valence-electron chi connectivity index (χ0n) is 14.1. The SMILES string of the molecule is CCc1nc(CN2CCCC(c3nccn3CCOC)C2)cs1. The summed E-state index contributed by atoms with van der Waals surface area (Å²) in [6.45, 7) is 6.98. The minimum Gasteiger partial charge on any atom is -0.383 e. The van der Waals surface area contributed by atoms with Gasteiger partial charge < -0.3 is 9.30 Å². The third-order valence-corrected chi connectivity index (χ3v) is 5.48. The second-order valence-corrected chi connectivity index (χ2v) is 7.07. The van der Waals surface area contributed by atoms with E-state index in [1.165, 1.54) is 29.4 Å². The second-order valence-electron chi connectivity index (χ2n) is 6.13. The van der Waals surface area contributed by atoms with Crippen LogP contribution < -0.4 is 0 Å². The smallest absolute Gasteiger partial charge is 0.113 e. The van der Waals surface area contributed by atoms with Gasteiger partial charge in [-0.3, -0.25) is 4.90 Å². The molecule has 2 aromatic rings. The summed E-state index contributed by atoms with van der Waals surface area (Å²) in [5.74, 6) is 1.72. The Morgan fingerprint density at radius 2 is 2.35 bits per heavy atom. The topological polar surface area (TPSA) is 43.2 Å². The van der Waals surface area contributed by atoms with Crippen LogP contribution in [0.3, 0.4) is 0 Å². The van der Waals surface area contributed by atoms with E-state index in [4.69, 9.17) is 9.72 Å². The molecule has 2 aromatic heterocycles. The van der Waals surface area contributed by atoms with E-state index >= 15 is 0 Å². The Morgan fingerprint density at radius 3 is 3.13 bits per heavy atom. The van der Waals surface area contributed by atoms with Gasteiger partial charge >= 0.3 is 0 Å². The number of rotatable bonds is 7. The van der Waals surface area contributed by atoms with Crippen LogP contribution in [0.1, 0.15) is 42.2 Å². The number of aryl methyl sites for hydroxylation is 1. The third kappa shape index (κ3) is 4.19. The number of thiazole rings is 1. The van der Waals surface area contributed by atoms with Crippen LogP contribution in [0.15, 0.2) is 17.8 Å². The molecule has 23 heavy (non-hydrogen) atoms. The van der Waals surface area contributed by atoms with E-state index < -0.39 is 0 Å². The lowest BCUT2D eigenvalue weighted by Gasteiger charge is -2.32. The molecule has 0 spiro atoms.